The predicted molar refractivity (Wildman–Crippen MR) is 220 cm³/mol. The van der Waals surface area contributed by atoms with Gasteiger partial charge in [0, 0.05) is 31.8 Å². The number of halogens is 2. The lowest BCUT2D eigenvalue weighted by atomic mass is 9.85. The van der Waals surface area contributed by atoms with Crippen molar-refractivity contribution in [2.24, 2.45) is 5.41 Å². The lowest BCUT2D eigenvalue weighted by Gasteiger charge is -2.36. The number of ether oxygens (including phenoxy) is 3. The molecule has 2 aromatic carbocycles. The Morgan fingerprint density at radius 2 is 1.68 bits per heavy atom. The van der Waals surface area contributed by atoms with Crippen molar-refractivity contribution >= 4 is 84.4 Å². The molecule has 5 atom stereocenters. The number of carbonyl (C=O) groups excluding carboxylic acids is 4. The summed E-state index contributed by atoms with van der Waals surface area (Å²) in [6, 6.07) is 9.82. The second-order valence-electron chi connectivity index (χ2n) is 16.6. The standard InChI is InChI=1S/C39H47ClIN5O9S/c1-37(2,3)31(43-23-11-8-21(9-12-23)35(49)55-38(4,5)6)34(48)46-20-24(54-33-27-16-22(40)10-15-26(27)29(53-7)19-42-33)17-28(46)32(47)44-39(18-30(39)41)36(50)45-56(51,52)25-13-14-25/h8-12,15-16,19,24-25,28,30-31,43H,13-14,17-18,20H2,1-7H3,(H,44,47)(H,45,50)/t24-,28+,30-,31-,39-/m1/s1. The van der Waals surface area contributed by atoms with Crippen LogP contribution in [0.5, 0.6) is 11.6 Å². The van der Waals surface area contributed by atoms with E-state index in [2.05, 4.69) is 20.3 Å². The van der Waals surface area contributed by atoms with Gasteiger partial charge in [0.1, 0.15) is 35.1 Å². The van der Waals surface area contributed by atoms with Crippen LogP contribution in [0, 0.1) is 5.41 Å². The number of rotatable bonds is 12. The summed E-state index contributed by atoms with van der Waals surface area (Å²) in [5.41, 5.74) is -1.92. The van der Waals surface area contributed by atoms with E-state index >= 15 is 0 Å². The number of nitrogens with zero attached hydrogens (tertiary/aromatic N) is 2. The Labute approximate surface area is 345 Å². The normalized spacial score (nSPS) is 22.9. The summed E-state index contributed by atoms with van der Waals surface area (Å²) in [6.07, 6.45) is 2.00. The molecule has 2 saturated carbocycles. The fraction of sp³-hybridized carbons (Fsp3) is 0.513. The quantitative estimate of drug-likeness (QED) is 0.120. The van der Waals surface area contributed by atoms with E-state index in [0.29, 0.717) is 45.6 Å². The Hall–Kier alpha value is -3.90. The van der Waals surface area contributed by atoms with Gasteiger partial charge in [-0.25, -0.2) is 18.2 Å². The summed E-state index contributed by atoms with van der Waals surface area (Å²) in [5.74, 6) is -1.57. The van der Waals surface area contributed by atoms with Crippen molar-refractivity contribution in [3.63, 3.8) is 0 Å². The second kappa shape index (κ2) is 15.5. The molecule has 17 heteroatoms. The third-order valence-corrected chi connectivity index (χ3v) is 13.4. The second-order valence-corrected chi connectivity index (χ2v) is 20.5. The smallest absolute Gasteiger partial charge is 0.338 e. The Balaban J connectivity index is 1.29. The maximum atomic E-state index is 14.8. The molecule has 1 aliphatic heterocycles. The first kappa shape index (κ1) is 41.7. The number of anilines is 1. The van der Waals surface area contributed by atoms with Crippen molar-refractivity contribution in [2.75, 3.05) is 19.0 Å². The fourth-order valence-electron chi connectivity index (χ4n) is 6.60. The SMILES string of the molecule is COc1cnc(O[C@@H]2C[C@@H](C(=O)N[C@]3(C(=O)NS(=O)(=O)C4CC4)C[C@H]3I)N(C(=O)[C@@H](Nc3ccc(C(=O)OC(C)(C)C)cc3)C(C)(C)C)C2)c2cc(Cl)ccc12. The molecule has 2 aliphatic carbocycles. The zero-order valence-electron chi connectivity index (χ0n) is 32.3. The van der Waals surface area contributed by atoms with Gasteiger partial charge >= 0.3 is 5.97 Å². The highest BCUT2D eigenvalue weighted by Gasteiger charge is 2.62. The molecule has 3 amide bonds. The number of fused-ring (bicyclic) bond motifs is 1. The first-order valence-electron chi connectivity index (χ1n) is 18.3. The van der Waals surface area contributed by atoms with Crippen LogP contribution in [-0.2, 0) is 29.1 Å². The number of aromatic nitrogens is 1. The number of esters is 1. The highest BCUT2D eigenvalue weighted by atomic mass is 127. The van der Waals surface area contributed by atoms with E-state index < -0.39 is 73.7 Å². The Morgan fingerprint density at radius 1 is 1.02 bits per heavy atom. The van der Waals surface area contributed by atoms with E-state index in [1.54, 1.807) is 63.2 Å². The molecular formula is C39H47ClIN5O9S. The maximum absolute atomic E-state index is 14.8. The van der Waals surface area contributed by atoms with E-state index in [4.69, 9.17) is 25.8 Å². The summed E-state index contributed by atoms with van der Waals surface area (Å²) >= 11 is 8.38. The molecule has 56 heavy (non-hydrogen) atoms. The molecular weight excluding hydrogens is 877 g/mol. The monoisotopic (exact) mass is 923 g/mol. The topological polar surface area (TPSA) is 182 Å². The fourth-order valence-corrected chi connectivity index (χ4v) is 9.27. The number of carbonyl (C=O) groups is 4. The number of nitrogens with one attached hydrogen (secondary N) is 3. The number of amides is 3. The first-order chi connectivity index (χ1) is 26.1. The molecule has 0 spiro atoms. The third kappa shape index (κ3) is 9.12. The number of methoxy groups -OCH3 is 1. The number of alkyl halides is 1. The van der Waals surface area contributed by atoms with Crippen molar-refractivity contribution in [1.82, 2.24) is 19.9 Å². The zero-order chi connectivity index (χ0) is 41.0. The molecule has 0 unspecified atom stereocenters. The van der Waals surface area contributed by atoms with Crippen LogP contribution in [0.2, 0.25) is 5.02 Å². The minimum atomic E-state index is -3.87. The Bertz CT molecular complexity index is 2150. The van der Waals surface area contributed by atoms with Crippen LogP contribution in [0.1, 0.15) is 77.6 Å². The van der Waals surface area contributed by atoms with Crippen LogP contribution in [0.4, 0.5) is 5.69 Å². The van der Waals surface area contributed by atoms with Crippen molar-refractivity contribution in [3.8, 4) is 11.6 Å². The zero-order valence-corrected chi connectivity index (χ0v) is 36.0. The number of likely N-dealkylation sites (tertiary alicyclic amines) is 1. The summed E-state index contributed by atoms with van der Waals surface area (Å²) in [6.45, 7) is 11.0. The molecule has 3 aliphatic rings. The third-order valence-electron chi connectivity index (χ3n) is 9.89. The van der Waals surface area contributed by atoms with E-state index in [9.17, 15) is 27.6 Å². The van der Waals surface area contributed by atoms with Crippen molar-refractivity contribution in [2.45, 2.75) is 106 Å². The summed E-state index contributed by atoms with van der Waals surface area (Å²) in [4.78, 5) is 61.1. The summed E-state index contributed by atoms with van der Waals surface area (Å²) in [7, 11) is -2.35. The molecule has 0 radical (unpaired) electrons. The molecule has 3 N–H and O–H groups in total. The predicted octanol–water partition coefficient (Wildman–Crippen LogP) is 5.40. The van der Waals surface area contributed by atoms with E-state index in [-0.39, 0.29) is 29.2 Å². The molecule has 6 rings (SSSR count). The number of hydrogen-bond acceptors (Lipinski definition) is 11. The van der Waals surface area contributed by atoms with Gasteiger partial charge in [-0.3, -0.25) is 19.1 Å². The highest BCUT2D eigenvalue weighted by molar-refractivity contribution is 14.1. The summed E-state index contributed by atoms with van der Waals surface area (Å²) < 4.78 is 44.6. The molecule has 3 fully saturated rings. The molecule has 2 heterocycles. The number of benzene rings is 2. The Morgan fingerprint density at radius 3 is 2.25 bits per heavy atom. The average molecular weight is 924 g/mol. The molecule has 1 aromatic heterocycles. The summed E-state index contributed by atoms with van der Waals surface area (Å²) in [5, 5.41) is 7.25. The van der Waals surface area contributed by atoms with Crippen LogP contribution < -0.4 is 24.8 Å². The largest absolute Gasteiger partial charge is 0.494 e. The highest BCUT2D eigenvalue weighted by Crippen LogP contribution is 2.45. The molecule has 0 bridgehead atoms. The molecule has 3 aromatic rings. The lowest BCUT2D eigenvalue weighted by molar-refractivity contribution is -0.141. The molecule has 14 nitrogen and oxygen atoms in total. The van der Waals surface area contributed by atoms with Crippen molar-refractivity contribution in [3.05, 3.63) is 59.2 Å². The minimum absolute atomic E-state index is 0.0125. The maximum Gasteiger partial charge on any atom is 0.338 e. The van der Waals surface area contributed by atoms with E-state index in [1.807, 2.05) is 43.4 Å². The van der Waals surface area contributed by atoms with Gasteiger partial charge in [0.25, 0.3) is 5.91 Å². The van der Waals surface area contributed by atoms with Gasteiger partial charge in [0.15, 0.2) is 0 Å². The minimum Gasteiger partial charge on any atom is -0.494 e. The van der Waals surface area contributed by atoms with Crippen LogP contribution in [0.3, 0.4) is 0 Å². The van der Waals surface area contributed by atoms with E-state index in [1.165, 1.54) is 18.2 Å². The molecule has 1 saturated heterocycles. The van der Waals surface area contributed by atoms with Crippen LogP contribution in [0.25, 0.3) is 10.8 Å². The van der Waals surface area contributed by atoms with Gasteiger partial charge < -0.3 is 29.7 Å². The first-order valence-corrected chi connectivity index (χ1v) is 21.5. The molecule has 302 valence electrons. The number of sulfonamides is 1. The van der Waals surface area contributed by atoms with Crippen molar-refractivity contribution in [1.29, 1.82) is 0 Å². The van der Waals surface area contributed by atoms with Gasteiger partial charge in [0.2, 0.25) is 27.7 Å². The Kier molecular flexibility index (Phi) is 11.5. The van der Waals surface area contributed by atoms with Gasteiger partial charge in [0.05, 0.1) is 30.7 Å². The van der Waals surface area contributed by atoms with Crippen molar-refractivity contribution < 1.29 is 41.8 Å². The van der Waals surface area contributed by atoms with Gasteiger partial charge in [-0.15, -0.1) is 0 Å². The van der Waals surface area contributed by atoms with Gasteiger partial charge in [-0.1, -0.05) is 55.0 Å². The number of hydrogen-bond donors (Lipinski definition) is 3. The van der Waals surface area contributed by atoms with Gasteiger partial charge in [-0.05, 0) is 87.9 Å². The lowest BCUT2D eigenvalue weighted by Crippen LogP contribution is -2.58. The van der Waals surface area contributed by atoms with E-state index in [0.717, 1.165) is 0 Å². The van der Waals surface area contributed by atoms with Crippen LogP contribution in [-0.4, -0.2) is 94.1 Å². The average Bonchev–Trinajstić information content (AvgIpc) is 4.03. The van der Waals surface area contributed by atoms with Crippen LogP contribution in [0.15, 0.2) is 48.7 Å². The van der Waals surface area contributed by atoms with Gasteiger partial charge in [-0.2, -0.15) is 0 Å². The van der Waals surface area contributed by atoms with Crippen LogP contribution >= 0.6 is 34.2 Å². The number of pyridine rings is 1.